The highest BCUT2D eigenvalue weighted by Gasteiger charge is 2.29. The van der Waals surface area contributed by atoms with Crippen molar-refractivity contribution in [1.82, 2.24) is 30.1 Å². The van der Waals surface area contributed by atoms with Crippen molar-refractivity contribution in [3.8, 4) is 5.75 Å². The Labute approximate surface area is 221 Å². The molecule has 8 nitrogen and oxygen atoms in total. The first-order valence-electron chi connectivity index (χ1n) is 13.6. The number of ether oxygens (including phenoxy) is 1. The normalized spacial score (nSPS) is 15.3. The van der Waals surface area contributed by atoms with Crippen molar-refractivity contribution in [3.05, 3.63) is 81.7 Å². The van der Waals surface area contributed by atoms with Crippen molar-refractivity contribution in [2.75, 3.05) is 6.61 Å². The van der Waals surface area contributed by atoms with E-state index in [2.05, 4.69) is 32.3 Å². The van der Waals surface area contributed by atoms with Gasteiger partial charge in [0.1, 0.15) is 11.6 Å². The molecule has 0 unspecified atom stereocenters. The summed E-state index contributed by atoms with van der Waals surface area (Å²) in [5.74, 6) is 1.31. The van der Waals surface area contributed by atoms with E-state index < -0.39 is 0 Å². The monoisotopic (exact) mass is 518 g/mol. The summed E-state index contributed by atoms with van der Waals surface area (Å²) in [6.45, 7) is 5.54. The number of fused-ring (bicyclic) bond motifs is 1. The number of aromatic nitrogens is 5. The molecule has 0 spiro atoms. The number of hydrogen-bond donors (Lipinski definition) is 1. The molecule has 5 rings (SSSR count). The minimum absolute atomic E-state index is 0.123. The Kier molecular flexibility index (Phi) is 8.12. The third kappa shape index (κ3) is 5.78. The molecule has 1 aliphatic carbocycles. The fourth-order valence-electron chi connectivity index (χ4n) is 5.53. The Balaban J connectivity index is 1.52. The maximum absolute atomic E-state index is 13.7. The smallest absolute Gasteiger partial charge is 0.252 e. The summed E-state index contributed by atoms with van der Waals surface area (Å²) in [4.78, 5) is 18.4. The van der Waals surface area contributed by atoms with Crippen LogP contribution in [0.2, 0.25) is 0 Å². The number of pyridine rings is 1. The molecule has 9 heteroatoms. The highest BCUT2D eigenvalue weighted by Crippen LogP contribution is 2.33. The molecule has 1 saturated carbocycles. The number of nitrogens with one attached hydrogen (secondary N) is 1. The van der Waals surface area contributed by atoms with E-state index in [-0.39, 0.29) is 23.5 Å². The molecule has 0 bridgehead atoms. The van der Waals surface area contributed by atoms with E-state index in [1.807, 2.05) is 35.9 Å². The molecule has 0 saturated heterocycles. The van der Waals surface area contributed by atoms with Gasteiger partial charge in [0.05, 0.1) is 18.7 Å². The largest absolute Gasteiger partial charge is 0.494 e. The van der Waals surface area contributed by atoms with Crippen molar-refractivity contribution in [1.29, 1.82) is 0 Å². The lowest BCUT2D eigenvalue weighted by Crippen LogP contribution is -2.33. The van der Waals surface area contributed by atoms with Crippen LogP contribution in [0, 0.1) is 5.82 Å². The predicted octanol–water partition coefficient (Wildman–Crippen LogP) is 5.71. The van der Waals surface area contributed by atoms with E-state index in [9.17, 15) is 9.18 Å². The number of aromatic amines is 1. The van der Waals surface area contributed by atoms with Crippen LogP contribution in [0.4, 0.5) is 4.39 Å². The zero-order chi connectivity index (χ0) is 26.5. The van der Waals surface area contributed by atoms with E-state index >= 15 is 0 Å². The lowest BCUT2D eigenvalue weighted by atomic mass is 9.95. The first-order chi connectivity index (χ1) is 18.6. The number of nitrogens with zero attached hydrogens (tertiary/aromatic N) is 5. The van der Waals surface area contributed by atoms with Crippen LogP contribution in [0.15, 0.2) is 53.3 Å². The topological polar surface area (TPSA) is 88.9 Å². The Morgan fingerprint density at radius 2 is 1.87 bits per heavy atom. The molecule has 2 aromatic heterocycles. The van der Waals surface area contributed by atoms with Gasteiger partial charge in [-0.1, -0.05) is 38.3 Å². The molecule has 1 atom stereocenters. The molecule has 2 heterocycles. The summed E-state index contributed by atoms with van der Waals surface area (Å²) in [5.41, 5.74) is 2.23. The standard InChI is InChI=1S/C29H35FN6O2/c1-3-27(28-32-33-34-36(28)24-8-6-5-7-9-24)35(18-20-10-12-23(30)13-11-20)19-22-16-21-17-25(38-4-2)14-15-26(21)31-29(22)37/h10-17,24,27H,3-9,18-19H2,1-2H3,(H,31,37)/t27-/m1/s1. The summed E-state index contributed by atoms with van der Waals surface area (Å²) in [6, 6.07) is 14.3. The van der Waals surface area contributed by atoms with E-state index in [0.717, 1.165) is 47.3 Å². The maximum Gasteiger partial charge on any atom is 0.252 e. The van der Waals surface area contributed by atoms with Gasteiger partial charge in [0.15, 0.2) is 5.82 Å². The van der Waals surface area contributed by atoms with E-state index in [1.54, 1.807) is 12.1 Å². The summed E-state index contributed by atoms with van der Waals surface area (Å²) >= 11 is 0. The molecular weight excluding hydrogens is 483 g/mol. The van der Waals surface area contributed by atoms with E-state index in [1.165, 1.54) is 31.4 Å². The molecule has 4 aromatic rings. The summed E-state index contributed by atoms with van der Waals surface area (Å²) in [6.07, 6.45) is 6.50. The van der Waals surface area contributed by atoms with Crippen molar-refractivity contribution >= 4 is 10.9 Å². The van der Waals surface area contributed by atoms with E-state index in [4.69, 9.17) is 4.74 Å². The molecule has 1 N–H and O–H groups in total. The first-order valence-corrected chi connectivity index (χ1v) is 13.6. The molecule has 1 aliphatic rings. The van der Waals surface area contributed by atoms with Crippen LogP contribution in [0.3, 0.4) is 0 Å². The third-order valence-corrected chi connectivity index (χ3v) is 7.44. The highest BCUT2D eigenvalue weighted by molar-refractivity contribution is 5.80. The zero-order valence-corrected chi connectivity index (χ0v) is 22.1. The summed E-state index contributed by atoms with van der Waals surface area (Å²) < 4.78 is 21.3. The van der Waals surface area contributed by atoms with Crippen LogP contribution in [0.25, 0.3) is 10.9 Å². The van der Waals surface area contributed by atoms with Gasteiger partial charge in [0.2, 0.25) is 0 Å². The second kappa shape index (κ2) is 11.9. The Morgan fingerprint density at radius 1 is 1.08 bits per heavy atom. The van der Waals surface area contributed by atoms with Gasteiger partial charge in [-0.15, -0.1) is 5.10 Å². The fraction of sp³-hybridized carbons (Fsp3) is 0.448. The summed E-state index contributed by atoms with van der Waals surface area (Å²) in [7, 11) is 0. The molecule has 200 valence electrons. The van der Waals surface area contributed by atoms with E-state index in [0.29, 0.717) is 25.3 Å². The lowest BCUT2D eigenvalue weighted by molar-refractivity contribution is 0.155. The molecule has 0 radical (unpaired) electrons. The Bertz CT molecular complexity index is 1410. The second-order valence-corrected chi connectivity index (χ2v) is 10.0. The van der Waals surface area contributed by atoms with Gasteiger partial charge in [-0.2, -0.15) is 0 Å². The average molecular weight is 519 g/mol. The summed E-state index contributed by atoms with van der Waals surface area (Å²) in [5, 5.41) is 13.9. The minimum atomic E-state index is -0.273. The molecule has 1 fully saturated rings. The molecule has 38 heavy (non-hydrogen) atoms. The van der Waals surface area contributed by atoms with Crippen molar-refractivity contribution in [3.63, 3.8) is 0 Å². The van der Waals surface area contributed by atoms with Gasteiger partial charge in [-0.05, 0) is 78.6 Å². The van der Waals surface area contributed by atoms with Crippen LogP contribution in [0.5, 0.6) is 5.75 Å². The van der Waals surface area contributed by atoms with Crippen LogP contribution in [0.1, 0.15) is 81.4 Å². The minimum Gasteiger partial charge on any atom is -0.494 e. The van der Waals surface area contributed by atoms with Gasteiger partial charge in [0, 0.05) is 29.6 Å². The Morgan fingerprint density at radius 3 is 2.61 bits per heavy atom. The predicted molar refractivity (Wildman–Crippen MR) is 144 cm³/mol. The van der Waals surface area contributed by atoms with Crippen LogP contribution in [-0.4, -0.2) is 36.7 Å². The van der Waals surface area contributed by atoms with Crippen LogP contribution >= 0.6 is 0 Å². The van der Waals surface area contributed by atoms with Gasteiger partial charge in [-0.3, -0.25) is 9.69 Å². The maximum atomic E-state index is 13.7. The molecular formula is C29H35FN6O2. The number of rotatable bonds is 10. The average Bonchev–Trinajstić information content (AvgIpc) is 3.41. The number of tetrazole rings is 1. The fourth-order valence-corrected chi connectivity index (χ4v) is 5.53. The number of benzene rings is 2. The van der Waals surface area contributed by atoms with Gasteiger partial charge in [0.25, 0.3) is 5.56 Å². The van der Waals surface area contributed by atoms with Crippen molar-refractivity contribution in [2.45, 2.75) is 77.5 Å². The molecule has 2 aromatic carbocycles. The quantitative estimate of drug-likeness (QED) is 0.289. The van der Waals surface area contributed by atoms with Gasteiger partial charge in [-0.25, -0.2) is 9.07 Å². The SMILES string of the molecule is CCOc1ccc2[nH]c(=O)c(CN(Cc3ccc(F)cc3)[C@H](CC)c3nnnn3C3CCCCC3)cc2c1. The first kappa shape index (κ1) is 26.0. The lowest BCUT2D eigenvalue weighted by Gasteiger charge is -2.32. The number of halogens is 1. The molecule has 0 amide bonds. The van der Waals surface area contributed by atoms with Crippen LogP contribution < -0.4 is 10.3 Å². The third-order valence-electron chi connectivity index (χ3n) is 7.44. The van der Waals surface area contributed by atoms with Gasteiger partial charge < -0.3 is 9.72 Å². The van der Waals surface area contributed by atoms with Crippen LogP contribution in [-0.2, 0) is 13.1 Å². The highest BCUT2D eigenvalue weighted by atomic mass is 19.1. The number of H-pyrrole nitrogens is 1. The number of hydrogen-bond acceptors (Lipinski definition) is 6. The zero-order valence-electron chi connectivity index (χ0n) is 22.1. The molecule has 0 aliphatic heterocycles. The Hall–Kier alpha value is -3.59. The second-order valence-electron chi connectivity index (χ2n) is 10.0. The van der Waals surface area contributed by atoms with Crippen molar-refractivity contribution in [2.24, 2.45) is 0 Å². The van der Waals surface area contributed by atoms with Crippen molar-refractivity contribution < 1.29 is 9.13 Å². The van der Waals surface area contributed by atoms with Gasteiger partial charge >= 0.3 is 0 Å².